The highest BCUT2D eigenvalue weighted by atomic mass is 32.2. The van der Waals surface area contributed by atoms with Crippen LogP contribution in [-0.4, -0.2) is 25.8 Å². The molecule has 0 unspecified atom stereocenters. The molecule has 0 atom stereocenters. The van der Waals surface area contributed by atoms with Gasteiger partial charge < -0.3 is 4.90 Å². The fraction of sp³-hybridized carbons (Fsp3) is 0.278. The second-order valence-electron chi connectivity index (χ2n) is 6.27. The Morgan fingerprint density at radius 3 is 2.48 bits per heavy atom. The Morgan fingerprint density at radius 1 is 1.11 bits per heavy atom. The van der Waals surface area contributed by atoms with Crippen LogP contribution in [0.1, 0.15) is 23.6 Å². The number of anilines is 1. The fourth-order valence-electron chi connectivity index (χ4n) is 2.99. The number of benzene rings is 2. The maximum atomic E-state index is 13.1. The normalized spacial score (nSPS) is 14.6. The van der Waals surface area contributed by atoms with Crippen molar-refractivity contribution in [2.45, 2.75) is 31.0 Å². The first-order chi connectivity index (χ1) is 12.6. The van der Waals surface area contributed by atoms with Gasteiger partial charge in [0.15, 0.2) is 0 Å². The van der Waals surface area contributed by atoms with Gasteiger partial charge >= 0.3 is 6.18 Å². The monoisotopic (exact) mass is 398 g/mol. The number of hydrogen-bond acceptors (Lipinski definition) is 3. The summed E-state index contributed by atoms with van der Waals surface area (Å²) in [7, 11) is -4.22. The van der Waals surface area contributed by atoms with E-state index < -0.39 is 27.5 Å². The van der Waals surface area contributed by atoms with Crippen LogP contribution in [0.25, 0.3) is 0 Å². The van der Waals surface area contributed by atoms with Crippen molar-refractivity contribution in [3.05, 3.63) is 59.2 Å². The molecule has 0 saturated carbocycles. The highest BCUT2D eigenvalue weighted by Gasteiger charge is 2.34. The van der Waals surface area contributed by atoms with Gasteiger partial charge in [0.05, 0.1) is 16.1 Å². The van der Waals surface area contributed by atoms with Gasteiger partial charge in [-0.3, -0.25) is 9.52 Å². The molecule has 0 aliphatic carbocycles. The summed E-state index contributed by atoms with van der Waals surface area (Å²) in [6, 6.07) is 8.80. The number of alkyl halides is 3. The molecular weight excluding hydrogens is 381 g/mol. The predicted octanol–water partition coefficient (Wildman–Crippen LogP) is 3.41. The van der Waals surface area contributed by atoms with E-state index in [4.69, 9.17) is 0 Å². The SMILES string of the molecule is CC(=O)N1CCc2ccc(S(=O)(=O)Nc3ccccc3C(F)(F)F)cc2C1. The lowest BCUT2D eigenvalue weighted by Crippen LogP contribution is -2.34. The average Bonchev–Trinajstić information content (AvgIpc) is 2.60. The zero-order valence-corrected chi connectivity index (χ0v) is 15.2. The third-order valence-electron chi connectivity index (χ3n) is 4.42. The van der Waals surface area contributed by atoms with E-state index >= 15 is 0 Å². The van der Waals surface area contributed by atoms with Crippen molar-refractivity contribution < 1.29 is 26.4 Å². The Kier molecular flexibility index (Phi) is 4.90. The smallest absolute Gasteiger partial charge is 0.338 e. The molecule has 0 bridgehead atoms. The van der Waals surface area contributed by atoms with Crippen LogP contribution in [0.4, 0.5) is 18.9 Å². The highest BCUT2D eigenvalue weighted by Crippen LogP contribution is 2.35. The maximum Gasteiger partial charge on any atom is 0.418 e. The van der Waals surface area contributed by atoms with Gasteiger partial charge in [0.1, 0.15) is 0 Å². The number of carbonyl (C=O) groups excluding carboxylic acids is 1. The third-order valence-corrected chi connectivity index (χ3v) is 5.79. The molecule has 1 aliphatic rings. The van der Waals surface area contributed by atoms with Crippen molar-refractivity contribution >= 4 is 21.6 Å². The van der Waals surface area contributed by atoms with Crippen LogP contribution in [-0.2, 0) is 34.0 Å². The molecule has 0 aromatic heterocycles. The van der Waals surface area contributed by atoms with E-state index in [2.05, 4.69) is 0 Å². The van der Waals surface area contributed by atoms with Crippen molar-refractivity contribution in [1.82, 2.24) is 4.90 Å². The number of hydrogen-bond donors (Lipinski definition) is 1. The Hall–Kier alpha value is -2.55. The van der Waals surface area contributed by atoms with E-state index in [9.17, 15) is 26.4 Å². The van der Waals surface area contributed by atoms with Gasteiger partial charge in [-0.25, -0.2) is 8.42 Å². The first-order valence-electron chi connectivity index (χ1n) is 8.14. The first-order valence-corrected chi connectivity index (χ1v) is 9.62. The average molecular weight is 398 g/mol. The quantitative estimate of drug-likeness (QED) is 0.862. The zero-order valence-electron chi connectivity index (χ0n) is 14.4. The Labute approximate surface area is 154 Å². The third kappa shape index (κ3) is 4.08. The van der Waals surface area contributed by atoms with Gasteiger partial charge in [0.25, 0.3) is 10.0 Å². The number of sulfonamides is 1. The topological polar surface area (TPSA) is 66.5 Å². The van der Waals surface area contributed by atoms with Gasteiger partial charge in [-0.1, -0.05) is 18.2 Å². The van der Waals surface area contributed by atoms with E-state index in [-0.39, 0.29) is 17.3 Å². The van der Waals surface area contributed by atoms with Crippen molar-refractivity contribution in [1.29, 1.82) is 0 Å². The lowest BCUT2D eigenvalue weighted by molar-refractivity contribution is -0.137. The van der Waals surface area contributed by atoms with Crippen LogP contribution < -0.4 is 4.72 Å². The van der Waals surface area contributed by atoms with E-state index in [0.29, 0.717) is 18.5 Å². The van der Waals surface area contributed by atoms with Crippen LogP contribution in [0.2, 0.25) is 0 Å². The van der Waals surface area contributed by atoms with E-state index in [1.165, 1.54) is 31.2 Å². The lowest BCUT2D eigenvalue weighted by atomic mass is 10.00. The van der Waals surface area contributed by atoms with Crippen molar-refractivity contribution in [2.24, 2.45) is 0 Å². The van der Waals surface area contributed by atoms with E-state index in [1.54, 1.807) is 11.0 Å². The van der Waals surface area contributed by atoms with Crippen LogP contribution in [0.15, 0.2) is 47.4 Å². The molecule has 9 heteroatoms. The number of amides is 1. The number of fused-ring (bicyclic) bond motifs is 1. The molecule has 3 rings (SSSR count). The summed E-state index contributed by atoms with van der Waals surface area (Å²) in [5, 5.41) is 0. The van der Waals surface area contributed by atoms with Gasteiger partial charge in [0.2, 0.25) is 5.91 Å². The highest BCUT2D eigenvalue weighted by molar-refractivity contribution is 7.92. The molecule has 0 saturated heterocycles. The summed E-state index contributed by atoms with van der Waals surface area (Å²) < 4.78 is 66.6. The lowest BCUT2D eigenvalue weighted by Gasteiger charge is -2.28. The molecule has 0 spiro atoms. The molecule has 1 aliphatic heterocycles. The summed E-state index contributed by atoms with van der Waals surface area (Å²) >= 11 is 0. The number of nitrogens with zero attached hydrogens (tertiary/aromatic N) is 1. The molecule has 0 fully saturated rings. The van der Waals surface area contributed by atoms with Crippen molar-refractivity contribution in [3.8, 4) is 0 Å². The minimum Gasteiger partial charge on any atom is -0.338 e. The van der Waals surface area contributed by atoms with Gasteiger partial charge in [0, 0.05) is 20.0 Å². The van der Waals surface area contributed by atoms with Crippen LogP contribution in [0.3, 0.4) is 0 Å². The van der Waals surface area contributed by atoms with Crippen LogP contribution >= 0.6 is 0 Å². The van der Waals surface area contributed by atoms with E-state index in [1.807, 2.05) is 4.72 Å². The molecule has 0 radical (unpaired) electrons. The van der Waals surface area contributed by atoms with Crippen molar-refractivity contribution in [3.63, 3.8) is 0 Å². The summed E-state index contributed by atoms with van der Waals surface area (Å²) in [5.74, 6) is -0.119. The molecule has 2 aromatic rings. The fourth-order valence-corrected chi connectivity index (χ4v) is 4.12. The standard InChI is InChI=1S/C18H17F3N2O3S/c1-12(24)23-9-8-13-6-7-15(10-14(13)11-23)27(25,26)22-17-5-3-2-4-16(17)18(19,20)21/h2-7,10,22H,8-9,11H2,1H3. The second-order valence-corrected chi connectivity index (χ2v) is 7.95. The predicted molar refractivity (Wildman–Crippen MR) is 93.5 cm³/mol. The molecule has 144 valence electrons. The zero-order chi connectivity index (χ0) is 19.8. The summed E-state index contributed by atoms with van der Waals surface area (Å²) in [4.78, 5) is 13.0. The summed E-state index contributed by atoms with van der Waals surface area (Å²) in [6.45, 7) is 2.25. The molecular formula is C18H17F3N2O3S. The van der Waals surface area contributed by atoms with E-state index in [0.717, 1.165) is 17.7 Å². The molecule has 5 nitrogen and oxygen atoms in total. The Morgan fingerprint density at radius 2 is 1.81 bits per heavy atom. The molecule has 27 heavy (non-hydrogen) atoms. The second kappa shape index (κ2) is 6.88. The van der Waals surface area contributed by atoms with Crippen molar-refractivity contribution in [2.75, 3.05) is 11.3 Å². The molecule has 2 aromatic carbocycles. The number of rotatable bonds is 3. The summed E-state index contributed by atoms with van der Waals surface area (Å²) in [5.41, 5.74) is -0.00653. The molecule has 1 N–H and O–H groups in total. The maximum absolute atomic E-state index is 13.1. The number of nitrogens with one attached hydrogen (secondary N) is 1. The summed E-state index contributed by atoms with van der Waals surface area (Å²) in [6.07, 6.45) is -4.09. The number of carbonyl (C=O) groups is 1. The Balaban J connectivity index is 1.93. The van der Waals surface area contributed by atoms with Gasteiger partial charge in [-0.2, -0.15) is 13.2 Å². The number of para-hydroxylation sites is 1. The van der Waals surface area contributed by atoms with Gasteiger partial charge in [-0.05, 0) is 41.8 Å². The van der Waals surface area contributed by atoms with Gasteiger partial charge in [-0.15, -0.1) is 0 Å². The Bertz CT molecular complexity index is 988. The minimum absolute atomic E-state index is 0.119. The molecule has 1 amide bonds. The van der Waals surface area contributed by atoms with Crippen LogP contribution in [0, 0.1) is 0 Å². The molecule has 1 heterocycles. The largest absolute Gasteiger partial charge is 0.418 e. The first kappa shape index (κ1) is 19.2. The van der Waals surface area contributed by atoms with Crippen LogP contribution in [0.5, 0.6) is 0 Å². The number of halogens is 3. The minimum atomic E-state index is -4.68.